The maximum absolute atomic E-state index is 12.7. The lowest BCUT2D eigenvalue weighted by Gasteiger charge is -2.36. The van der Waals surface area contributed by atoms with Crippen LogP contribution in [0.15, 0.2) is 18.2 Å². The summed E-state index contributed by atoms with van der Waals surface area (Å²) in [6.45, 7) is 1.42. The Morgan fingerprint density at radius 3 is 2.82 bits per heavy atom. The molecule has 2 aliphatic rings. The molecule has 4 nitrogen and oxygen atoms in total. The zero-order valence-electron chi connectivity index (χ0n) is 13.6. The fraction of sp³-hybridized carbons (Fsp3) is 0.611. The van der Waals surface area contributed by atoms with Crippen LogP contribution in [0.4, 0.5) is 11.4 Å². The Kier molecular flexibility index (Phi) is 4.55. The van der Waals surface area contributed by atoms with E-state index in [1.165, 1.54) is 24.8 Å². The van der Waals surface area contributed by atoms with Crippen LogP contribution in [0.2, 0.25) is 0 Å². The minimum atomic E-state index is 0.238. The number of nitrogens with two attached hydrogens (primary N) is 1. The minimum Gasteiger partial charge on any atom is -0.398 e. The topological polar surface area (TPSA) is 49.6 Å². The predicted octanol–water partition coefficient (Wildman–Crippen LogP) is 2.81. The zero-order chi connectivity index (χ0) is 15.5. The molecule has 0 radical (unpaired) electrons. The Morgan fingerprint density at radius 1 is 1.27 bits per heavy atom. The minimum absolute atomic E-state index is 0.238. The van der Waals surface area contributed by atoms with E-state index in [9.17, 15) is 4.79 Å². The summed E-state index contributed by atoms with van der Waals surface area (Å²) in [4.78, 5) is 16.8. The maximum Gasteiger partial charge on any atom is 0.242 e. The van der Waals surface area contributed by atoms with Gasteiger partial charge >= 0.3 is 0 Å². The number of hydrogen-bond donors (Lipinski definition) is 1. The van der Waals surface area contributed by atoms with Crippen molar-refractivity contribution in [1.82, 2.24) is 4.90 Å². The van der Waals surface area contributed by atoms with Gasteiger partial charge in [0.15, 0.2) is 0 Å². The summed E-state index contributed by atoms with van der Waals surface area (Å²) in [7, 11) is 1.97. The molecule has 22 heavy (non-hydrogen) atoms. The van der Waals surface area contributed by atoms with Gasteiger partial charge in [-0.1, -0.05) is 25.3 Å². The molecule has 1 heterocycles. The molecule has 1 aliphatic heterocycles. The Hall–Kier alpha value is -1.71. The van der Waals surface area contributed by atoms with Crippen molar-refractivity contribution in [3.63, 3.8) is 0 Å². The third-order valence-electron chi connectivity index (χ3n) is 5.22. The first-order valence-corrected chi connectivity index (χ1v) is 8.55. The van der Waals surface area contributed by atoms with E-state index in [-0.39, 0.29) is 5.91 Å². The molecule has 120 valence electrons. The summed E-state index contributed by atoms with van der Waals surface area (Å²) >= 11 is 0. The average Bonchev–Trinajstić information content (AvgIpc) is 2.56. The van der Waals surface area contributed by atoms with Crippen LogP contribution in [0, 0.1) is 0 Å². The molecule has 0 unspecified atom stereocenters. The van der Waals surface area contributed by atoms with Crippen molar-refractivity contribution < 1.29 is 4.79 Å². The summed E-state index contributed by atoms with van der Waals surface area (Å²) in [5.41, 5.74) is 9.31. The fourth-order valence-corrected chi connectivity index (χ4v) is 3.84. The Bertz CT molecular complexity index is 537. The first-order valence-electron chi connectivity index (χ1n) is 8.55. The van der Waals surface area contributed by atoms with Gasteiger partial charge in [-0.05, 0) is 43.4 Å². The maximum atomic E-state index is 12.7. The Labute approximate surface area is 133 Å². The molecule has 1 aromatic rings. The highest BCUT2D eigenvalue weighted by Crippen LogP contribution is 2.31. The number of anilines is 2. The molecule has 0 aromatic heterocycles. The summed E-state index contributed by atoms with van der Waals surface area (Å²) in [5, 5.41) is 0. The third-order valence-corrected chi connectivity index (χ3v) is 5.22. The first-order chi connectivity index (χ1) is 10.7. The number of nitrogen functional groups attached to an aromatic ring is 1. The van der Waals surface area contributed by atoms with E-state index in [1.807, 2.05) is 24.1 Å². The van der Waals surface area contributed by atoms with E-state index >= 15 is 0 Å². The van der Waals surface area contributed by atoms with Gasteiger partial charge in [0.25, 0.3) is 0 Å². The second-order valence-corrected chi connectivity index (χ2v) is 6.67. The van der Waals surface area contributed by atoms with Crippen molar-refractivity contribution in [3.05, 3.63) is 23.8 Å². The molecule has 2 N–H and O–H groups in total. The first kappa shape index (κ1) is 15.2. The lowest BCUT2D eigenvalue weighted by Crippen LogP contribution is -2.45. The number of carbonyl (C=O) groups excluding carboxylic acids is 1. The van der Waals surface area contributed by atoms with Crippen molar-refractivity contribution in [2.45, 2.75) is 51.0 Å². The summed E-state index contributed by atoms with van der Waals surface area (Å²) in [5.74, 6) is 0.238. The molecule has 3 rings (SSSR count). The number of nitrogens with zero attached hydrogens (tertiary/aromatic N) is 2. The number of amides is 1. The van der Waals surface area contributed by atoms with Gasteiger partial charge in [-0.3, -0.25) is 4.79 Å². The molecule has 1 amide bonds. The smallest absolute Gasteiger partial charge is 0.242 e. The Morgan fingerprint density at radius 2 is 2.05 bits per heavy atom. The van der Waals surface area contributed by atoms with Crippen LogP contribution in [0.1, 0.15) is 44.1 Å². The lowest BCUT2D eigenvalue weighted by molar-refractivity contribution is -0.131. The van der Waals surface area contributed by atoms with Gasteiger partial charge in [0.1, 0.15) is 0 Å². The molecule has 0 atom stereocenters. The third kappa shape index (κ3) is 3.06. The van der Waals surface area contributed by atoms with Crippen molar-refractivity contribution in [3.8, 4) is 0 Å². The van der Waals surface area contributed by atoms with Gasteiger partial charge in [-0.2, -0.15) is 0 Å². The molecule has 1 saturated carbocycles. The van der Waals surface area contributed by atoms with Crippen LogP contribution in [0.25, 0.3) is 0 Å². The molecular formula is C18H27N3O. The van der Waals surface area contributed by atoms with Gasteiger partial charge in [-0.15, -0.1) is 0 Å². The number of benzene rings is 1. The van der Waals surface area contributed by atoms with Crippen LogP contribution in [0.3, 0.4) is 0 Å². The second kappa shape index (κ2) is 6.59. The SMILES string of the molecule is CN(C(=O)CN1CCCc2c(N)cccc21)C1CCCCC1. The predicted molar refractivity (Wildman–Crippen MR) is 91.0 cm³/mol. The molecule has 0 saturated heterocycles. The van der Waals surface area contributed by atoms with E-state index in [2.05, 4.69) is 11.0 Å². The normalized spacial score (nSPS) is 18.9. The average molecular weight is 301 g/mol. The summed E-state index contributed by atoms with van der Waals surface area (Å²) < 4.78 is 0. The van der Waals surface area contributed by atoms with Gasteiger partial charge in [-0.25, -0.2) is 0 Å². The van der Waals surface area contributed by atoms with Crippen LogP contribution in [-0.4, -0.2) is 37.0 Å². The highest BCUT2D eigenvalue weighted by molar-refractivity contribution is 5.82. The van der Waals surface area contributed by atoms with Crippen molar-refractivity contribution in [2.24, 2.45) is 0 Å². The quantitative estimate of drug-likeness (QED) is 0.873. The van der Waals surface area contributed by atoms with Crippen molar-refractivity contribution >= 4 is 17.3 Å². The number of hydrogen-bond acceptors (Lipinski definition) is 3. The van der Waals surface area contributed by atoms with E-state index in [4.69, 9.17) is 5.73 Å². The largest absolute Gasteiger partial charge is 0.398 e. The van der Waals surface area contributed by atoms with Gasteiger partial charge in [0.05, 0.1) is 6.54 Å². The fourth-order valence-electron chi connectivity index (χ4n) is 3.84. The summed E-state index contributed by atoms with van der Waals surface area (Å²) in [6.07, 6.45) is 8.23. The molecular weight excluding hydrogens is 274 g/mol. The van der Waals surface area contributed by atoms with Gasteiger partial charge in [0.2, 0.25) is 5.91 Å². The second-order valence-electron chi connectivity index (χ2n) is 6.67. The van der Waals surface area contributed by atoms with Crippen molar-refractivity contribution in [2.75, 3.05) is 30.8 Å². The molecule has 0 spiro atoms. The molecule has 1 fully saturated rings. The lowest BCUT2D eigenvalue weighted by atomic mass is 9.94. The molecule has 1 aromatic carbocycles. The van der Waals surface area contributed by atoms with E-state index in [0.717, 1.165) is 43.6 Å². The van der Waals surface area contributed by atoms with Gasteiger partial charge in [0, 0.05) is 31.0 Å². The van der Waals surface area contributed by atoms with E-state index in [0.29, 0.717) is 12.6 Å². The number of carbonyl (C=O) groups is 1. The van der Waals surface area contributed by atoms with Gasteiger partial charge < -0.3 is 15.5 Å². The van der Waals surface area contributed by atoms with Crippen LogP contribution >= 0.6 is 0 Å². The highest BCUT2D eigenvalue weighted by atomic mass is 16.2. The standard InChI is InChI=1S/C18H27N3O/c1-20(14-7-3-2-4-8-14)18(22)13-21-12-6-9-15-16(19)10-5-11-17(15)21/h5,10-11,14H,2-4,6-9,12-13,19H2,1H3. The highest BCUT2D eigenvalue weighted by Gasteiger charge is 2.25. The van der Waals surface area contributed by atoms with E-state index < -0.39 is 0 Å². The van der Waals surface area contributed by atoms with Crippen LogP contribution in [-0.2, 0) is 11.2 Å². The van der Waals surface area contributed by atoms with Crippen LogP contribution < -0.4 is 10.6 Å². The van der Waals surface area contributed by atoms with Crippen molar-refractivity contribution in [1.29, 1.82) is 0 Å². The Balaban J connectivity index is 1.68. The molecule has 1 aliphatic carbocycles. The molecule has 4 heteroatoms. The van der Waals surface area contributed by atoms with E-state index in [1.54, 1.807) is 0 Å². The summed E-state index contributed by atoms with van der Waals surface area (Å²) in [6, 6.07) is 6.48. The number of rotatable bonds is 3. The molecule has 0 bridgehead atoms. The zero-order valence-corrected chi connectivity index (χ0v) is 13.6. The van der Waals surface area contributed by atoms with Crippen LogP contribution in [0.5, 0.6) is 0 Å². The number of likely N-dealkylation sites (N-methyl/N-ethyl adjacent to an activating group) is 1. The monoisotopic (exact) mass is 301 g/mol. The number of fused-ring (bicyclic) bond motifs is 1.